The highest BCUT2D eigenvalue weighted by atomic mass is 79.9. The van der Waals surface area contributed by atoms with Crippen molar-refractivity contribution in [3.8, 4) is 11.8 Å². The molecule has 0 heterocycles. The molecule has 0 aliphatic carbocycles. The third-order valence-electron chi connectivity index (χ3n) is 3.02. The monoisotopic (exact) mass is 312 g/mol. The molecule has 0 amide bonds. The van der Waals surface area contributed by atoms with Crippen molar-refractivity contribution in [2.75, 3.05) is 0 Å². The zero-order valence-corrected chi connectivity index (χ0v) is 12.9. The van der Waals surface area contributed by atoms with E-state index in [0.717, 1.165) is 22.0 Å². The lowest BCUT2D eigenvalue weighted by Crippen LogP contribution is -1.84. The van der Waals surface area contributed by atoms with Crippen molar-refractivity contribution < 1.29 is 0 Å². The van der Waals surface area contributed by atoms with Gasteiger partial charge in [-0.3, -0.25) is 0 Å². The summed E-state index contributed by atoms with van der Waals surface area (Å²) in [6.45, 7) is 4.28. The molecule has 0 fully saturated rings. The lowest BCUT2D eigenvalue weighted by atomic mass is 10.1. The van der Waals surface area contributed by atoms with Crippen LogP contribution >= 0.6 is 15.9 Å². The Balaban J connectivity index is 2.19. The average molecular weight is 313 g/mol. The second kappa shape index (κ2) is 6.59. The van der Waals surface area contributed by atoms with Gasteiger partial charge >= 0.3 is 0 Å². The summed E-state index contributed by atoms with van der Waals surface area (Å²) < 4.78 is 1.10. The maximum absolute atomic E-state index is 3.47. The number of halogens is 1. The van der Waals surface area contributed by atoms with E-state index in [1.807, 2.05) is 6.07 Å². The van der Waals surface area contributed by atoms with E-state index in [9.17, 15) is 0 Å². The molecule has 96 valence electrons. The van der Waals surface area contributed by atoms with Crippen molar-refractivity contribution in [1.82, 2.24) is 0 Å². The molecule has 19 heavy (non-hydrogen) atoms. The fraction of sp³-hybridized carbons (Fsp3) is 0.222. The zero-order valence-electron chi connectivity index (χ0n) is 11.3. The Bertz CT molecular complexity index is 612. The zero-order chi connectivity index (χ0) is 13.7. The predicted molar refractivity (Wildman–Crippen MR) is 85.3 cm³/mol. The van der Waals surface area contributed by atoms with Crippen LogP contribution in [0, 0.1) is 18.8 Å². The average Bonchev–Trinajstić information content (AvgIpc) is 2.40. The fourth-order valence-corrected chi connectivity index (χ4v) is 2.43. The van der Waals surface area contributed by atoms with Crippen LogP contribution in [0.4, 0.5) is 0 Å². The highest BCUT2D eigenvalue weighted by Crippen LogP contribution is 2.15. The molecule has 1 heteroatoms. The van der Waals surface area contributed by atoms with Gasteiger partial charge < -0.3 is 0 Å². The van der Waals surface area contributed by atoms with Crippen LogP contribution < -0.4 is 0 Å². The van der Waals surface area contributed by atoms with Gasteiger partial charge in [0.25, 0.3) is 0 Å². The first-order valence-corrected chi connectivity index (χ1v) is 7.35. The molecule has 0 spiro atoms. The summed E-state index contributed by atoms with van der Waals surface area (Å²) in [6, 6.07) is 14.7. The van der Waals surface area contributed by atoms with Gasteiger partial charge in [0.1, 0.15) is 0 Å². The summed E-state index contributed by atoms with van der Waals surface area (Å²) in [5.41, 5.74) is 4.74. The fourth-order valence-electron chi connectivity index (χ4n) is 1.95. The van der Waals surface area contributed by atoms with Crippen molar-refractivity contribution in [3.63, 3.8) is 0 Å². The standard InChI is InChI=1S/C18H17Br/c1-3-4-15-5-7-16(8-6-15)9-10-17-11-12-18(19)13-14(17)2/h5-8,11-13H,3-4H2,1-2H3. The number of benzene rings is 2. The summed E-state index contributed by atoms with van der Waals surface area (Å²) in [4.78, 5) is 0. The highest BCUT2D eigenvalue weighted by Gasteiger charge is 1.95. The molecular formula is C18H17Br. The number of hydrogen-bond donors (Lipinski definition) is 0. The molecule has 0 saturated heterocycles. The summed E-state index contributed by atoms with van der Waals surface area (Å²) in [7, 11) is 0. The first-order chi connectivity index (χ1) is 9.19. The van der Waals surface area contributed by atoms with E-state index < -0.39 is 0 Å². The van der Waals surface area contributed by atoms with Crippen molar-refractivity contribution >= 4 is 15.9 Å². The maximum Gasteiger partial charge on any atom is 0.0279 e. The Hall–Kier alpha value is -1.52. The molecule has 0 aliphatic heterocycles. The van der Waals surface area contributed by atoms with E-state index in [2.05, 4.69) is 78.0 Å². The van der Waals surface area contributed by atoms with E-state index >= 15 is 0 Å². The Morgan fingerprint density at radius 3 is 2.37 bits per heavy atom. The Morgan fingerprint density at radius 1 is 1.00 bits per heavy atom. The molecule has 0 unspecified atom stereocenters. The van der Waals surface area contributed by atoms with Crippen LogP contribution in [0.5, 0.6) is 0 Å². The third kappa shape index (κ3) is 3.98. The molecule has 2 aromatic rings. The Kier molecular flexibility index (Phi) is 4.82. The van der Waals surface area contributed by atoms with Gasteiger partial charge in [0.2, 0.25) is 0 Å². The normalized spacial score (nSPS) is 9.84. The molecule has 0 nitrogen and oxygen atoms in total. The van der Waals surface area contributed by atoms with Crippen LogP contribution in [0.25, 0.3) is 0 Å². The van der Waals surface area contributed by atoms with Crippen LogP contribution in [0.2, 0.25) is 0 Å². The molecular weight excluding hydrogens is 296 g/mol. The van der Waals surface area contributed by atoms with Gasteiger partial charge in [0, 0.05) is 15.6 Å². The predicted octanol–water partition coefficient (Wildman–Crippen LogP) is 5.11. The van der Waals surface area contributed by atoms with Crippen molar-refractivity contribution in [1.29, 1.82) is 0 Å². The molecule has 0 bridgehead atoms. The molecule has 0 saturated carbocycles. The lowest BCUT2D eigenvalue weighted by molar-refractivity contribution is 0.922. The second-order valence-electron chi connectivity index (χ2n) is 4.66. The molecule has 0 radical (unpaired) electrons. The maximum atomic E-state index is 3.47. The van der Waals surface area contributed by atoms with E-state index in [4.69, 9.17) is 0 Å². The first kappa shape index (κ1) is 13.9. The summed E-state index contributed by atoms with van der Waals surface area (Å²) in [5, 5.41) is 0. The largest absolute Gasteiger partial charge is 0.0651 e. The van der Waals surface area contributed by atoms with Crippen LogP contribution in [-0.4, -0.2) is 0 Å². The minimum atomic E-state index is 1.07. The van der Waals surface area contributed by atoms with E-state index in [1.54, 1.807) is 0 Å². The van der Waals surface area contributed by atoms with Gasteiger partial charge in [0.15, 0.2) is 0 Å². The van der Waals surface area contributed by atoms with Gasteiger partial charge in [-0.15, -0.1) is 0 Å². The molecule has 0 atom stereocenters. The van der Waals surface area contributed by atoms with Gasteiger partial charge in [-0.05, 0) is 54.8 Å². The van der Waals surface area contributed by atoms with Crippen molar-refractivity contribution in [3.05, 3.63) is 69.2 Å². The van der Waals surface area contributed by atoms with Gasteiger partial charge in [-0.1, -0.05) is 53.2 Å². The Morgan fingerprint density at radius 2 is 1.74 bits per heavy atom. The summed E-state index contributed by atoms with van der Waals surface area (Å²) >= 11 is 3.47. The van der Waals surface area contributed by atoms with Crippen LogP contribution in [0.15, 0.2) is 46.9 Å². The first-order valence-electron chi connectivity index (χ1n) is 6.56. The Labute approximate surface area is 124 Å². The summed E-state index contributed by atoms with van der Waals surface area (Å²) in [6.07, 6.45) is 2.32. The highest BCUT2D eigenvalue weighted by molar-refractivity contribution is 9.10. The van der Waals surface area contributed by atoms with Crippen LogP contribution in [0.3, 0.4) is 0 Å². The number of rotatable bonds is 2. The van der Waals surface area contributed by atoms with E-state index in [-0.39, 0.29) is 0 Å². The van der Waals surface area contributed by atoms with Crippen molar-refractivity contribution in [2.45, 2.75) is 26.7 Å². The van der Waals surface area contributed by atoms with Gasteiger partial charge in [0.05, 0.1) is 0 Å². The van der Waals surface area contributed by atoms with Gasteiger partial charge in [-0.25, -0.2) is 0 Å². The quantitative estimate of drug-likeness (QED) is 0.676. The number of hydrogen-bond acceptors (Lipinski definition) is 0. The summed E-state index contributed by atoms with van der Waals surface area (Å²) in [5.74, 6) is 6.46. The van der Waals surface area contributed by atoms with E-state index in [1.165, 1.54) is 17.5 Å². The topological polar surface area (TPSA) is 0 Å². The minimum absolute atomic E-state index is 1.07. The van der Waals surface area contributed by atoms with Crippen LogP contribution in [0.1, 0.15) is 35.6 Å². The van der Waals surface area contributed by atoms with Crippen LogP contribution in [-0.2, 0) is 6.42 Å². The molecule has 2 aromatic carbocycles. The molecule has 0 aromatic heterocycles. The lowest BCUT2D eigenvalue weighted by Gasteiger charge is -1.99. The minimum Gasteiger partial charge on any atom is -0.0651 e. The van der Waals surface area contributed by atoms with E-state index in [0.29, 0.717) is 0 Å². The SMILES string of the molecule is CCCc1ccc(C#Cc2ccc(Br)cc2C)cc1. The molecule has 0 N–H and O–H groups in total. The number of aryl methyl sites for hydroxylation is 2. The molecule has 0 aliphatic rings. The second-order valence-corrected chi connectivity index (χ2v) is 5.57. The van der Waals surface area contributed by atoms with Crippen molar-refractivity contribution in [2.24, 2.45) is 0 Å². The van der Waals surface area contributed by atoms with Gasteiger partial charge in [-0.2, -0.15) is 0 Å². The molecule has 2 rings (SSSR count). The smallest absolute Gasteiger partial charge is 0.0279 e. The third-order valence-corrected chi connectivity index (χ3v) is 3.52.